The number of imide groups is 1. The molecule has 0 saturated heterocycles. The first kappa shape index (κ1) is 18.0. The van der Waals surface area contributed by atoms with Gasteiger partial charge in [0, 0.05) is 19.4 Å². The quantitative estimate of drug-likeness (QED) is 0.464. The fraction of sp³-hybridized carbons (Fsp3) is 0.643. The van der Waals surface area contributed by atoms with Crippen molar-refractivity contribution in [1.82, 2.24) is 10.6 Å². The molecule has 6 heteroatoms. The van der Waals surface area contributed by atoms with Gasteiger partial charge in [-0.25, -0.2) is 4.79 Å². The van der Waals surface area contributed by atoms with Crippen LogP contribution in [0, 0.1) is 17.8 Å². The number of rotatable bonds is 8. The summed E-state index contributed by atoms with van der Waals surface area (Å²) in [7, 11) is 0. The average molecular weight is 282 g/mol. The standard InChI is InChI=1S/C14H22N2O4/c1-4-5-6-7-8-15-13(20)16-11(17)9-14(2,3)10-12(18)19/h1H,5-10H2,2-3H3,(H,18,19)(H2,15,16,17,20). The summed E-state index contributed by atoms with van der Waals surface area (Å²) in [6, 6.07) is -0.568. The fourth-order valence-electron chi connectivity index (χ4n) is 1.68. The van der Waals surface area contributed by atoms with Crippen molar-refractivity contribution in [2.75, 3.05) is 6.54 Å². The summed E-state index contributed by atoms with van der Waals surface area (Å²) < 4.78 is 0. The molecule has 0 fully saturated rings. The van der Waals surface area contributed by atoms with Gasteiger partial charge in [-0.15, -0.1) is 12.3 Å². The van der Waals surface area contributed by atoms with E-state index in [-0.39, 0.29) is 12.8 Å². The van der Waals surface area contributed by atoms with Gasteiger partial charge in [-0.1, -0.05) is 13.8 Å². The monoisotopic (exact) mass is 282 g/mol. The van der Waals surface area contributed by atoms with Crippen LogP contribution < -0.4 is 10.6 Å². The van der Waals surface area contributed by atoms with Crippen molar-refractivity contribution in [3.63, 3.8) is 0 Å². The summed E-state index contributed by atoms with van der Waals surface area (Å²) in [6.07, 6.45) is 7.16. The zero-order chi connectivity index (χ0) is 15.6. The molecule has 0 aromatic rings. The minimum atomic E-state index is -0.972. The number of carboxylic acids is 1. The highest BCUT2D eigenvalue weighted by Crippen LogP contribution is 2.24. The van der Waals surface area contributed by atoms with Crippen LogP contribution >= 0.6 is 0 Å². The molecule has 0 heterocycles. The smallest absolute Gasteiger partial charge is 0.321 e. The minimum absolute atomic E-state index is 0.0240. The number of terminal acetylenes is 1. The summed E-state index contributed by atoms with van der Waals surface area (Å²) in [6.45, 7) is 3.77. The molecule has 0 radical (unpaired) electrons. The number of hydrogen-bond donors (Lipinski definition) is 3. The maximum Gasteiger partial charge on any atom is 0.321 e. The van der Waals surface area contributed by atoms with Crippen LogP contribution in [-0.4, -0.2) is 29.6 Å². The van der Waals surface area contributed by atoms with Crippen molar-refractivity contribution in [2.24, 2.45) is 5.41 Å². The normalized spacial score (nSPS) is 10.4. The molecule has 0 aromatic heterocycles. The largest absolute Gasteiger partial charge is 0.481 e. The van der Waals surface area contributed by atoms with Gasteiger partial charge in [-0.2, -0.15) is 0 Å². The van der Waals surface area contributed by atoms with Crippen molar-refractivity contribution in [3.8, 4) is 12.3 Å². The number of carbonyl (C=O) groups is 3. The van der Waals surface area contributed by atoms with Crippen molar-refractivity contribution in [2.45, 2.75) is 46.0 Å². The van der Waals surface area contributed by atoms with Gasteiger partial charge in [0.15, 0.2) is 0 Å². The van der Waals surface area contributed by atoms with Crippen molar-refractivity contribution in [3.05, 3.63) is 0 Å². The van der Waals surface area contributed by atoms with Crippen LogP contribution in [0.25, 0.3) is 0 Å². The van der Waals surface area contributed by atoms with Crippen LogP contribution in [0.2, 0.25) is 0 Å². The summed E-state index contributed by atoms with van der Waals surface area (Å²) in [4.78, 5) is 33.6. The van der Waals surface area contributed by atoms with Gasteiger partial charge in [-0.05, 0) is 18.3 Å². The second kappa shape index (κ2) is 8.97. The van der Waals surface area contributed by atoms with E-state index in [9.17, 15) is 14.4 Å². The molecule has 0 atom stereocenters. The second-order valence-corrected chi connectivity index (χ2v) is 5.38. The first-order valence-electron chi connectivity index (χ1n) is 6.50. The number of carbonyl (C=O) groups excluding carboxylic acids is 2. The van der Waals surface area contributed by atoms with Crippen molar-refractivity contribution in [1.29, 1.82) is 0 Å². The molecule has 3 amide bonds. The topological polar surface area (TPSA) is 95.5 Å². The Bertz CT molecular complexity index is 396. The SMILES string of the molecule is C#CCCCCNC(=O)NC(=O)CC(C)(C)CC(=O)O. The first-order valence-corrected chi connectivity index (χ1v) is 6.50. The van der Waals surface area contributed by atoms with Crippen molar-refractivity contribution < 1.29 is 19.5 Å². The number of carboxylic acid groups (broad SMARTS) is 1. The molecular formula is C14H22N2O4. The van der Waals surface area contributed by atoms with Crippen LogP contribution in [0.1, 0.15) is 46.0 Å². The van der Waals surface area contributed by atoms with Crippen LogP contribution in [0.15, 0.2) is 0 Å². The molecule has 0 aliphatic heterocycles. The molecule has 112 valence electrons. The van der Waals surface area contributed by atoms with Crippen LogP contribution in [0.3, 0.4) is 0 Å². The maximum absolute atomic E-state index is 11.6. The number of urea groups is 1. The molecule has 0 saturated carbocycles. The highest BCUT2D eigenvalue weighted by molar-refractivity contribution is 5.94. The van der Waals surface area contributed by atoms with Gasteiger partial charge in [0.1, 0.15) is 0 Å². The Balaban J connectivity index is 3.93. The van der Waals surface area contributed by atoms with E-state index in [0.29, 0.717) is 13.0 Å². The van der Waals surface area contributed by atoms with Crippen LogP contribution in [-0.2, 0) is 9.59 Å². The summed E-state index contributed by atoms with van der Waals surface area (Å²) in [5.74, 6) is 1.04. The molecule has 0 spiro atoms. The Labute approximate surface area is 119 Å². The Morgan fingerprint density at radius 3 is 2.40 bits per heavy atom. The van der Waals surface area contributed by atoms with Crippen LogP contribution in [0.5, 0.6) is 0 Å². The molecule has 0 aliphatic rings. The third-order valence-electron chi connectivity index (χ3n) is 2.56. The lowest BCUT2D eigenvalue weighted by atomic mass is 9.85. The van der Waals surface area contributed by atoms with Gasteiger partial charge >= 0.3 is 12.0 Å². The molecule has 3 N–H and O–H groups in total. The lowest BCUT2D eigenvalue weighted by molar-refractivity contribution is -0.139. The molecular weight excluding hydrogens is 260 g/mol. The average Bonchev–Trinajstić information content (AvgIpc) is 2.25. The van der Waals surface area contributed by atoms with Gasteiger partial charge in [0.05, 0.1) is 6.42 Å². The Morgan fingerprint density at radius 2 is 1.85 bits per heavy atom. The zero-order valence-corrected chi connectivity index (χ0v) is 12.0. The molecule has 0 rings (SSSR count). The first-order chi connectivity index (χ1) is 9.26. The predicted octanol–water partition coefficient (Wildman–Crippen LogP) is 1.51. The third kappa shape index (κ3) is 9.95. The molecule has 20 heavy (non-hydrogen) atoms. The molecule has 6 nitrogen and oxygen atoms in total. The summed E-state index contributed by atoms with van der Waals surface area (Å²) in [5.41, 5.74) is -0.691. The van der Waals surface area contributed by atoms with E-state index in [1.165, 1.54) is 0 Å². The van der Waals surface area contributed by atoms with E-state index in [4.69, 9.17) is 11.5 Å². The van der Waals surface area contributed by atoms with Crippen molar-refractivity contribution >= 4 is 17.9 Å². The predicted molar refractivity (Wildman–Crippen MR) is 74.9 cm³/mol. The molecule has 0 aliphatic carbocycles. The van der Waals surface area contributed by atoms with Gasteiger partial charge in [0.2, 0.25) is 5.91 Å². The lowest BCUT2D eigenvalue weighted by Gasteiger charge is -2.21. The van der Waals surface area contributed by atoms with Gasteiger partial charge < -0.3 is 10.4 Å². The number of amides is 3. The van der Waals surface area contributed by atoms with E-state index in [1.807, 2.05) is 0 Å². The second-order valence-electron chi connectivity index (χ2n) is 5.38. The van der Waals surface area contributed by atoms with Gasteiger partial charge in [0.25, 0.3) is 0 Å². The van der Waals surface area contributed by atoms with E-state index in [1.54, 1.807) is 13.8 Å². The van der Waals surface area contributed by atoms with Gasteiger partial charge in [-0.3, -0.25) is 14.9 Å². The molecule has 0 bridgehead atoms. The Hall–Kier alpha value is -2.03. The summed E-state index contributed by atoms with van der Waals surface area (Å²) in [5, 5.41) is 13.4. The third-order valence-corrected chi connectivity index (χ3v) is 2.56. The number of unbranched alkanes of at least 4 members (excludes halogenated alkanes) is 2. The van der Waals surface area contributed by atoms with E-state index in [0.717, 1.165) is 12.8 Å². The highest BCUT2D eigenvalue weighted by Gasteiger charge is 2.25. The number of aliphatic carboxylic acids is 1. The Kier molecular flexibility index (Phi) is 8.06. The van der Waals surface area contributed by atoms with Crippen LogP contribution in [0.4, 0.5) is 4.79 Å². The number of nitrogens with one attached hydrogen (secondary N) is 2. The Morgan fingerprint density at radius 1 is 1.20 bits per heavy atom. The molecule has 0 unspecified atom stereocenters. The van der Waals surface area contributed by atoms with E-state index in [2.05, 4.69) is 16.6 Å². The lowest BCUT2D eigenvalue weighted by Crippen LogP contribution is -2.41. The van der Waals surface area contributed by atoms with E-state index >= 15 is 0 Å². The highest BCUT2D eigenvalue weighted by atomic mass is 16.4. The molecule has 0 aromatic carbocycles. The minimum Gasteiger partial charge on any atom is -0.481 e. The zero-order valence-electron chi connectivity index (χ0n) is 12.0. The maximum atomic E-state index is 11.6. The fourth-order valence-corrected chi connectivity index (χ4v) is 1.68. The van der Waals surface area contributed by atoms with E-state index < -0.39 is 23.3 Å². The summed E-state index contributed by atoms with van der Waals surface area (Å²) >= 11 is 0. The number of hydrogen-bond acceptors (Lipinski definition) is 3.